The van der Waals surface area contributed by atoms with Crippen LogP contribution < -0.4 is 5.32 Å². The summed E-state index contributed by atoms with van der Waals surface area (Å²) >= 11 is 3.39. The first-order valence-electron chi connectivity index (χ1n) is 11.8. The third-order valence-electron chi connectivity index (χ3n) is 5.59. The van der Waals surface area contributed by atoms with E-state index in [1.165, 1.54) is 11.7 Å². The van der Waals surface area contributed by atoms with Gasteiger partial charge in [-0.2, -0.15) is 0 Å². The number of nitrogens with one attached hydrogen (secondary N) is 1. The molecule has 10 heteroatoms. The van der Waals surface area contributed by atoms with Gasteiger partial charge in [-0.25, -0.2) is 19.1 Å². The molecule has 0 spiro atoms. The molecule has 9 nitrogen and oxygen atoms in total. The zero-order valence-electron chi connectivity index (χ0n) is 21.8. The number of aryl methyl sites for hydroxylation is 1. The van der Waals surface area contributed by atoms with Crippen LogP contribution in [0.3, 0.4) is 0 Å². The first-order chi connectivity index (χ1) is 16.2. The lowest BCUT2D eigenvalue weighted by molar-refractivity contribution is -0.134. The number of amides is 2. The van der Waals surface area contributed by atoms with Crippen molar-refractivity contribution in [3.05, 3.63) is 28.5 Å². The number of halogens is 1. The van der Waals surface area contributed by atoms with Gasteiger partial charge in [0.25, 0.3) is 0 Å². The zero-order chi connectivity index (χ0) is 26.5. The Bertz CT molecular complexity index is 1060. The van der Waals surface area contributed by atoms with Crippen molar-refractivity contribution in [1.82, 2.24) is 19.8 Å². The molecular weight excluding hydrogens is 516 g/mol. The van der Waals surface area contributed by atoms with Crippen LogP contribution >= 0.6 is 15.9 Å². The molecule has 0 bridgehead atoms. The van der Waals surface area contributed by atoms with Gasteiger partial charge in [0.15, 0.2) is 0 Å². The predicted molar refractivity (Wildman–Crippen MR) is 138 cm³/mol. The predicted octanol–water partition coefficient (Wildman–Crippen LogP) is 5.27. The van der Waals surface area contributed by atoms with Crippen molar-refractivity contribution in [2.75, 3.05) is 13.7 Å². The lowest BCUT2D eigenvalue weighted by Gasteiger charge is -2.29. The Morgan fingerprint density at radius 1 is 1.23 bits per heavy atom. The molecule has 2 unspecified atom stereocenters. The zero-order valence-corrected chi connectivity index (χ0v) is 23.4. The van der Waals surface area contributed by atoms with E-state index in [4.69, 9.17) is 4.74 Å². The summed E-state index contributed by atoms with van der Waals surface area (Å²) in [6.07, 6.45) is 1.12. The summed E-state index contributed by atoms with van der Waals surface area (Å²) in [4.78, 5) is 41.9. The number of carbonyl (C=O) groups is 3. The topological polar surface area (TPSA) is 103 Å². The van der Waals surface area contributed by atoms with Crippen LogP contribution in [0.15, 0.2) is 22.7 Å². The van der Waals surface area contributed by atoms with Crippen LogP contribution in [0.4, 0.5) is 9.59 Å². The Labute approximate surface area is 215 Å². The number of hydrogen-bond donors (Lipinski definition) is 1. The summed E-state index contributed by atoms with van der Waals surface area (Å²) in [6.45, 7) is 14.0. The first kappa shape index (κ1) is 28.6. The third kappa shape index (κ3) is 7.68. The van der Waals surface area contributed by atoms with E-state index in [-0.39, 0.29) is 17.9 Å². The van der Waals surface area contributed by atoms with Gasteiger partial charge in [0.1, 0.15) is 17.5 Å². The van der Waals surface area contributed by atoms with Crippen molar-refractivity contribution in [2.45, 2.75) is 79.0 Å². The third-order valence-corrected chi connectivity index (χ3v) is 6.08. The average Bonchev–Trinajstić information content (AvgIpc) is 3.32. The lowest BCUT2D eigenvalue weighted by atomic mass is 10.0. The summed E-state index contributed by atoms with van der Waals surface area (Å²) in [5.74, 6) is 0.669. The molecule has 1 fully saturated rings. The van der Waals surface area contributed by atoms with E-state index in [0.29, 0.717) is 5.82 Å². The van der Waals surface area contributed by atoms with Crippen molar-refractivity contribution in [2.24, 2.45) is 5.92 Å². The smallest absolute Gasteiger partial charge is 0.420 e. The Morgan fingerprint density at radius 2 is 1.89 bits per heavy atom. The number of aromatic nitrogens is 2. The second kappa shape index (κ2) is 11.9. The van der Waals surface area contributed by atoms with E-state index in [1.54, 1.807) is 6.92 Å². The van der Waals surface area contributed by atoms with E-state index in [0.717, 1.165) is 34.9 Å². The minimum Gasteiger partial charge on any atom is -0.453 e. The van der Waals surface area contributed by atoms with E-state index >= 15 is 0 Å². The molecule has 0 aliphatic carbocycles. The molecule has 0 radical (unpaired) electrons. The first-order valence-corrected chi connectivity index (χ1v) is 12.6. The second-order valence-corrected chi connectivity index (χ2v) is 10.9. The number of methoxy groups -OCH3 is 1. The summed E-state index contributed by atoms with van der Waals surface area (Å²) in [6, 6.07) is 5.40. The monoisotopic (exact) mass is 552 g/mol. The molecule has 2 atom stereocenters. The number of imidazole rings is 1. The number of hydrogen-bond acceptors (Lipinski definition) is 6. The quantitative estimate of drug-likeness (QED) is 0.556. The maximum Gasteiger partial charge on any atom is 0.420 e. The van der Waals surface area contributed by atoms with Gasteiger partial charge in [0.05, 0.1) is 18.1 Å². The molecule has 2 amide bonds. The standard InChI is InChI=1S/C13H15BrN2O2.C12H22N2O3/c1-8-15-10-6-5-9(14)7-11(10)16(8)12(17)18-13(2,3)4;1-8(2)10(13-12(16)17-4)11(15)14-7-5-6-9(14)3/h5-7H,1-4H3;8-10H,5-7H2,1-4H3,(H,13,16). The van der Waals surface area contributed by atoms with Crippen LogP contribution in [0, 0.1) is 12.8 Å². The minimum absolute atomic E-state index is 0.00426. The normalized spacial score (nSPS) is 16.5. The maximum atomic E-state index is 12.3. The summed E-state index contributed by atoms with van der Waals surface area (Å²) in [5.41, 5.74) is 1.00. The molecule has 1 aliphatic heterocycles. The highest BCUT2D eigenvalue weighted by Gasteiger charge is 2.33. The summed E-state index contributed by atoms with van der Waals surface area (Å²) in [5, 5.41) is 2.61. The Morgan fingerprint density at radius 3 is 2.40 bits per heavy atom. The molecule has 3 rings (SSSR count). The van der Waals surface area contributed by atoms with Gasteiger partial charge in [-0.05, 0) is 71.6 Å². The van der Waals surface area contributed by atoms with E-state index < -0.39 is 23.8 Å². The number of fused-ring (bicyclic) bond motifs is 1. The van der Waals surface area contributed by atoms with Gasteiger partial charge in [-0.15, -0.1) is 0 Å². The molecule has 1 aromatic carbocycles. The van der Waals surface area contributed by atoms with Gasteiger partial charge in [-0.3, -0.25) is 4.79 Å². The van der Waals surface area contributed by atoms with E-state index in [2.05, 4.69) is 31.0 Å². The molecule has 2 heterocycles. The van der Waals surface area contributed by atoms with Crippen LogP contribution in [0.1, 0.15) is 60.2 Å². The van der Waals surface area contributed by atoms with Crippen LogP contribution in [0.25, 0.3) is 11.0 Å². The molecule has 1 aliphatic rings. The Hall–Kier alpha value is -2.62. The second-order valence-electron chi connectivity index (χ2n) is 9.99. The number of benzene rings is 1. The largest absolute Gasteiger partial charge is 0.453 e. The number of likely N-dealkylation sites (tertiary alicyclic amines) is 1. The molecule has 1 N–H and O–H groups in total. The van der Waals surface area contributed by atoms with Crippen molar-refractivity contribution in [3.63, 3.8) is 0 Å². The van der Waals surface area contributed by atoms with Gasteiger partial charge in [-0.1, -0.05) is 29.8 Å². The molecule has 1 aromatic heterocycles. The highest BCUT2D eigenvalue weighted by Crippen LogP contribution is 2.22. The molecule has 0 saturated carbocycles. The van der Waals surface area contributed by atoms with Gasteiger partial charge >= 0.3 is 12.2 Å². The van der Waals surface area contributed by atoms with Crippen LogP contribution in [-0.2, 0) is 14.3 Å². The highest BCUT2D eigenvalue weighted by atomic mass is 79.9. The van der Waals surface area contributed by atoms with Gasteiger partial charge < -0.3 is 19.7 Å². The fourth-order valence-corrected chi connectivity index (χ4v) is 4.19. The molecule has 1 saturated heterocycles. The fraction of sp³-hybridized carbons (Fsp3) is 0.600. The molecule has 35 heavy (non-hydrogen) atoms. The lowest BCUT2D eigenvalue weighted by Crippen LogP contribution is -2.52. The number of ether oxygens (including phenoxy) is 2. The summed E-state index contributed by atoms with van der Waals surface area (Å²) < 4.78 is 12.3. The molecular formula is C25H37BrN4O5. The number of carbonyl (C=O) groups excluding carboxylic acids is 3. The fourth-order valence-electron chi connectivity index (χ4n) is 3.85. The highest BCUT2D eigenvalue weighted by molar-refractivity contribution is 9.10. The van der Waals surface area contributed by atoms with Crippen molar-refractivity contribution >= 4 is 45.1 Å². The average molecular weight is 553 g/mol. The summed E-state index contributed by atoms with van der Waals surface area (Å²) in [7, 11) is 1.30. The van der Waals surface area contributed by atoms with Crippen molar-refractivity contribution in [1.29, 1.82) is 0 Å². The molecule has 194 valence electrons. The number of alkyl carbamates (subject to hydrolysis) is 1. The number of rotatable bonds is 3. The number of nitrogens with zero attached hydrogens (tertiary/aromatic N) is 3. The van der Waals surface area contributed by atoms with Crippen LogP contribution in [0.5, 0.6) is 0 Å². The van der Waals surface area contributed by atoms with Crippen LogP contribution in [0.2, 0.25) is 0 Å². The van der Waals surface area contributed by atoms with E-state index in [9.17, 15) is 14.4 Å². The Balaban J connectivity index is 0.000000247. The SMILES string of the molecule is COC(=O)NC(C(=O)N1CCCC1C)C(C)C.Cc1nc2ccc(Br)cc2n1C(=O)OC(C)(C)C. The van der Waals surface area contributed by atoms with Gasteiger partial charge in [0.2, 0.25) is 5.91 Å². The Kier molecular flexibility index (Phi) is 9.71. The van der Waals surface area contributed by atoms with E-state index in [1.807, 2.05) is 64.6 Å². The van der Waals surface area contributed by atoms with Gasteiger partial charge in [0, 0.05) is 17.1 Å². The minimum atomic E-state index is -0.552. The maximum absolute atomic E-state index is 12.3. The van der Waals surface area contributed by atoms with Crippen molar-refractivity contribution < 1.29 is 23.9 Å². The van der Waals surface area contributed by atoms with Crippen molar-refractivity contribution in [3.8, 4) is 0 Å². The molecule has 2 aromatic rings. The van der Waals surface area contributed by atoms with Crippen LogP contribution in [-0.4, -0.2) is 63.9 Å².